The van der Waals surface area contributed by atoms with E-state index in [0.29, 0.717) is 12.0 Å². The van der Waals surface area contributed by atoms with Crippen LogP contribution in [-0.4, -0.2) is 106 Å². The molecule has 7 amide bonds. The largest absolute Gasteiger partial charge is 0.357 e. The number of nitrogens with zero attached hydrogens (tertiary/aromatic N) is 2. The van der Waals surface area contributed by atoms with Gasteiger partial charge in [0.2, 0.25) is 33.7 Å². The highest BCUT2D eigenvalue weighted by Gasteiger charge is 2.45. The van der Waals surface area contributed by atoms with Gasteiger partial charge in [0.05, 0.1) is 29.6 Å². The zero-order chi connectivity index (χ0) is 50.0. The van der Waals surface area contributed by atoms with E-state index < -0.39 is 82.5 Å². The van der Waals surface area contributed by atoms with E-state index in [1.54, 1.807) is 55.6 Å². The molecular weight excluding hydrogens is 913 g/mol. The molecule has 19 heteroatoms. The molecule has 70 heavy (non-hydrogen) atoms. The van der Waals surface area contributed by atoms with Gasteiger partial charge in [-0.1, -0.05) is 142 Å². The third-order valence-corrected chi connectivity index (χ3v) is 14.1. The first-order chi connectivity index (χ1) is 33.8. The van der Waals surface area contributed by atoms with Crippen molar-refractivity contribution in [2.45, 2.75) is 99.4 Å². The molecule has 1 heterocycles. The number of amides is 7. The van der Waals surface area contributed by atoms with Crippen LogP contribution in [0, 0.1) is 5.92 Å². The smallest absolute Gasteiger partial charge is 0.335 e. The lowest BCUT2D eigenvalue weighted by Gasteiger charge is -2.34. The molecule has 5 atom stereocenters. The third kappa shape index (κ3) is 14.1. The summed E-state index contributed by atoms with van der Waals surface area (Å²) in [5.41, 5.74) is 4.10. The van der Waals surface area contributed by atoms with Crippen LogP contribution < -0.4 is 42.0 Å². The average Bonchev–Trinajstić information content (AvgIpc) is 3.81. The number of hydrogen-bond donors (Lipinski definition) is 8. The quantitative estimate of drug-likeness (QED) is 0.0438. The second-order valence-corrected chi connectivity index (χ2v) is 19.1. The van der Waals surface area contributed by atoms with E-state index in [0.717, 1.165) is 43.2 Å². The summed E-state index contributed by atoms with van der Waals surface area (Å²) in [7, 11) is -0.927. The Bertz CT molecular complexity index is 2510. The number of sulfonamides is 1. The van der Waals surface area contributed by atoms with Crippen molar-refractivity contribution >= 4 is 51.3 Å². The van der Waals surface area contributed by atoms with Crippen molar-refractivity contribution in [3.63, 3.8) is 0 Å². The van der Waals surface area contributed by atoms with E-state index >= 15 is 0 Å². The van der Waals surface area contributed by atoms with Crippen LogP contribution >= 0.6 is 0 Å². The standard InChI is InChI=1S/C51H64N10O8S.3H2/c1-4-20-40(55-47(63)41-31-38(60-70(68,69)39-29-18-9-19-30-39)33-61(41)50(66)45(52-2)37-27-16-8-17-28-37)46(49(65)54-32-42(62)56-44(48(64)53-3)36-25-14-7-15-26-36)58-59-51(67)57-43(34-21-10-5-11-22-34)35-23-12-6-13-24-35;;;/h5-7,9-15,18-19,21-26,29-30,37-38,40-41,43-45,52,60H,4,8,16-17,20,27-28,31-33H2,1-3H3,(H,53,64)(H,54,65)(H,55,63)(H,56,62)(H2,57,59,67);3*1H/t38-,40+,41?,44+,45+;;;/m1.../s1. The van der Waals surface area contributed by atoms with Gasteiger partial charge in [0.25, 0.3) is 5.91 Å². The molecule has 0 spiro atoms. The maximum atomic E-state index is 14.8. The average molecular weight is 983 g/mol. The van der Waals surface area contributed by atoms with Crippen LogP contribution in [0.4, 0.5) is 4.79 Å². The molecule has 1 aliphatic heterocycles. The number of carbonyl (C=O) groups excluding carboxylic acids is 6. The third-order valence-electron chi connectivity index (χ3n) is 12.6. The van der Waals surface area contributed by atoms with Crippen molar-refractivity contribution in [3.8, 4) is 0 Å². The number of urea groups is 1. The van der Waals surface area contributed by atoms with E-state index in [1.807, 2.05) is 67.6 Å². The molecule has 4 aromatic rings. The fourth-order valence-electron chi connectivity index (χ4n) is 9.11. The van der Waals surface area contributed by atoms with Gasteiger partial charge in [0, 0.05) is 23.9 Å². The lowest BCUT2D eigenvalue weighted by molar-refractivity contribution is -0.141. The van der Waals surface area contributed by atoms with Gasteiger partial charge in [-0.3, -0.25) is 24.0 Å². The van der Waals surface area contributed by atoms with E-state index in [-0.39, 0.29) is 46.1 Å². The summed E-state index contributed by atoms with van der Waals surface area (Å²) in [6, 6.07) is 28.5. The summed E-state index contributed by atoms with van der Waals surface area (Å²) >= 11 is 0. The molecule has 0 bridgehead atoms. The fourth-order valence-corrected chi connectivity index (χ4v) is 10.4. The van der Waals surface area contributed by atoms with Gasteiger partial charge in [-0.15, -0.1) is 0 Å². The highest BCUT2D eigenvalue weighted by Crippen LogP contribution is 2.30. The molecule has 4 aromatic carbocycles. The van der Waals surface area contributed by atoms with Gasteiger partial charge >= 0.3 is 6.03 Å². The topological polar surface area (TPSA) is 248 Å². The van der Waals surface area contributed by atoms with Crippen molar-refractivity contribution in [3.05, 3.63) is 138 Å². The predicted molar refractivity (Wildman–Crippen MR) is 272 cm³/mol. The minimum atomic E-state index is -4.06. The van der Waals surface area contributed by atoms with Gasteiger partial charge in [0.1, 0.15) is 17.8 Å². The van der Waals surface area contributed by atoms with Gasteiger partial charge in [0.15, 0.2) is 0 Å². The molecule has 1 unspecified atom stereocenters. The molecule has 1 aliphatic carbocycles. The van der Waals surface area contributed by atoms with E-state index in [9.17, 15) is 37.2 Å². The Hall–Kier alpha value is -6.96. The Kier molecular flexibility index (Phi) is 19.2. The molecule has 378 valence electrons. The molecule has 18 nitrogen and oxygen atoms in total. The number of benzene rings is 4. The number of rotatable bonds is 21. The van der Waals surface area contributed by atoms with Crippen molar-refractivity contribution in [1.29, 1.82) is 0 Å². The summed E-state index contributed by atoms with van der Waals surface area (Å²) < 4.78 is 29.9. The van der Waals surface area contributed by atoms with Crippen molar-refractivity contribution in [2.24, 2.45) is 11.0 Å². The Morgan fingerprint density at radius 3 is 1.87 bits per heavy atom. The number of nitrogens with one attached hydrogen (secondary N) is 8. The maximum absolute atomic E-state index is 14.8. The summed E-state index contributed by atoms with van der Waals surface area (Å²) in [5.74, 6) is -3.17. The van der Waals surface area contributed by atoms with Gasteiger partial charge in [-0.25, -0.2) is 23.4 Å². The Morgan fingerprint density at radius 2 is 1.31 bits per heavy atom. The number of hydrazone groups is 1. The lowest BCUT2D eigenvalue weighted by atomic mass is 9.83. The van der Waals surface area contributed by atoms with Crippen LogP contribution in [0.15, 0.2) is 131 Å². The van der Waals surface area contributed by atoms with Crippen LogP contribution in [0.1, 0.15) is 91.3 Å². The minimum absolute atomic E-state index is 0. The first kappa shape index (κ1) is 52.4. The highest BCUT2D eigenvalue weighted by atomic mass is 32.2. The van der Waals surface area contributed by atoms with Crippen LogP contribution in [-0.2, 0) is 34.0 Å². The molecule has 1 saturated carbocycles. The van der Waals surface area contributed by atoms with Crippen LogP contribution in [0.3, 0.4) is 0 Å². The van der Waals surface area contributed by atoms with Crippen molar-refractivity contribution < 1.29 is 41.5 Å². The lowest BCUT2D eigenvalue weighted by Crippen LogP contribution is -2.57. The zero-order valence-electron chi connectivity index (χ0n) is 39.7. The summed E-state index contributed by atoms with van der Waals surface area (Å²) in [6.45, 7) is 1.09. The van der Waals surface area contributed by atoms with Crippen LogP contribution in [0.2, 0.25) is 0 Å². The van der Waals surface area contributed by atoms with E-state index in [2.05, 4.69) is 47.2 Å². The van der Waals surface area contributed by atoms with Gasteiger partial charge in [-0.05, 0) is 67.5 Å². The highest BCUT2D eigenvalue weighted by molar-refractivity contribution is 7.89. The Balaban J connectivity index is 0.00000469. The molecule has 0 aromatic heterocycles. The normalized spacial score (nSPS) is 17.7. The van der Waals surface area contributed by atoms with Crippen molar-refractivity contribution in [2.75, 3.05) is 27.2 Å². The predicted octanol–water partition coefficient (Wildman–Crippen LogP) is 4.29. The summed E-state index contributed by atoms with van der Waals surface area (Å²) in [4.78, 5) is 85.1. The Morgan fingerprint density at radius 1 is 0.743 bits per heavy atom. The summed E-state index contributed by atoms with van der Waals surface area (Å²) in [6.07, 6.45) is 5.02. The molecular formula is C51H70N10O8S. The number of hydrogen-bond acceptors (Lipinski definition) is 10. The monoisotopic (exact) mass is 983 g/mol. The number of carbonyl (C=O) groups is 6. The van der Waals surface area contributed by atoms with Crippen molar-refractivity contribution in [1.82, 2.24) is 46.9 Å². The van der Waals surface area contributed by atoms with E-state index in [4.69, 9.17) is 0 Å². The Labute approximate surface area is 414 Å². The molecule has 8 N–H and O–H groups in total. The number of likely N-dealkylation sites (tertiary alicyclic amines) is 1. The fraction of sp³-hybridized carbons (Fsp3) is 0.392. The molecule has 1 saturated heterocycles. The van der Waals surface area contributed by atoms with Crippen LogP contribution in [0.25, 0.3) is 0 Å². The van der Waals surface area contributed by atoms with E-state index in [1.165, 1.54) is 24.1 Å². The number of likely N-dealkylation sites (N-methyl/N-ethyl adjacent to an activating group) is 2. The van der Waals surface area contributed by atoms with Gasteiger partial charge < -0.3 is 36.8 Å². The first-order valence-corrected chi connectivity index (χ1v) is 25.2. The summed E-state index contributed by atoms with van der Waals surface area (Å²) in [5, 5.41) is 21.0. The second kappa shape index (κ2) is 25.6. The second-order valence-electron chi connectivity index (χ2n) is 17.4. The molecule has 2 aliphatic rings. The molecule has 0 radical (unpaired) electrons. The zero-order valence-corrected chi connectivity index (χ0v) is 40.5. The molecule has 6 rings (SSSR count). The maximum Gasteiger partial charge on any atom is 0.335 e. The SMILES string of the molecule is CCC[C@H](NC(=O)C1C[C@@H](NS(=O)(=O)c2ccccc2)CN1C(=O)[C@@H](NC)C1CCCCC1)C(=NNC(=O)NC(c1ccccc1)c1ccccc1)C(=O)NCC(=O)N[C@H](C(=O)NC)c1ccccc1.[HH].[HH].[HH]. The first-order valence-electron chi connectivity index (χ1n) is 23.8. The van der Waals surface area contributed by atoms with Gasteiger partial charge in [-0.2, -0.15) is 5.10 Å². The minimum Gasteiger partial charge on any atom is -0.357 e. The molecule has 2 fully saturated rings. The van der Waals surface area contributed by atoms with Crippen LogP contribution in [0.5, 0.6) is 0 Å².